The molecule has 0 saturated carbocycles. The Morgan fingerprint density at radius 1 is 1.43 bits per heavy atom. The molecule has 3 rings (SSSR count). The quantitative estimate of drug-likeness (QED) is 0.835. The normalized spacial score (nSPS) is 23.7. The van der Waals surface area contributed by atoms with E-state index in [2.05, 4.69) is 15.9 Å². The molecule has 2 fully saturated rings. The predicted octanol–water partition coefficient (Wildman–Crippen LogP) is 2.50. The van der Waals surface area contributed by atoms with E-state index in [1.807, 2.05) is 28.7 Å². The molecule has 1 atom stereocenters. The van der Waals surface area contributed by atoms with Gasteiger partial charge in [-0.1, -0.05) is 0 Å². The zero-order chi connectivity index (χ0) is 14.8. The molecule has 21 heavy (non-hydrogen) atoms. The van der Waals surface area contributed by atoms with Crippen molar-refractivity contribution >= 4 is 21.8 Å². The lowest BCUT2D eigenvalue weighted by atomic mass is 9.97. The summed E-state index contributed by atoms with van der Waals surface area (Å²) in [7, 11) is 0. The largest absolute Gasteiger partial charge is 0.350 e. The lowest BCUT2D eigenvalue weighted by Gasteiger charge is -2.34. The number of amides is 1. The smallest absolute Gasteiger partial charge is 0.270 e. The standard InChI is InChI=1S/C15H21BrN2O3/c1-2-17-10-12(16)8-13(17)14(19)18-5-3-4-11(9-18)15-20-6-7-21-15/h8,10-11,15H,2-7,9H2,1H3. The predicted molar refractivity (Wildman–Crippen MR) is 82.1 cm³/mol. The van der Waals surface area contributed by atoms with E-state index in [4.69, 9.17) is 9.47 Å². The first-order valence-electron chi connectivity index (χ1n) is 7.57. The average Bonchev–Trinajstić information content (AvgIpc) is 3.15. The van der Waals surface area contributed by atoms with Gasteiger partial charge in [0.15, 0.2) is 6.29 Å². The van der Waals surface area contributed by atoms with Crippen LogP contribution in [0.25, 0.3) is 0 Å². The molecule has 0 bridgehead atoms. The molecule has 0 radical (unpaired) electrons. The number of rotatable bonds is 3. The van der Waals surface area contributed by atoms with Crippen molar-refractivity contribution in [2.24, 2.45) is 5.92 Å². The Balaban J connectivity index is 1.71. The summed E-state index contributed by atoms with van der Waals surface area (Å²) in [6.45, 7) is 5.70. The van der Waals surface area contributed by atoms with Crippen molar-refractivity contribution in [2.45, 2.75) is 32.6 Å². The van der Waals surface area contributed by atoms with Crippen LogP contribution in [0.1, 0.15) is 30.3 Å². The molecule has 6 heteroatoms. The minimum absolute atomic E-state index is 0.102. The summed E-state index contributed by atoms with van der Waals surface area (Å²) in [5.74, 6) is 0.393. The number of aromatic nitrogens is 1. The van der Waals surface area contributed by atoms with Crippen molar-refractivity contribution in [3.05, 3.63) is 22.4 Å². The minimum atomic E-state index is -0.134. The molecule has 2 aliphatic heterocycles. The number of piperidine rings is 1. The Kier molecular flexibility index (Phi) is 4.66. The van der Waals surface area contributed by atoms with Crippen molar-refractivity contribution in [3.8, 4) is 0 Å². The second kappa shape index (κ2) is 6.50. The van der Waals surface area contributed by atoms with Crippen molar-refractivity contribution in [1.29, 1.82) is 0 Å². The topological polar surface area (TPSA) is 43.7 Å². The van der Waals surface area contributed by atoms with Crippen LogP contribution >= 0.6 is 15.9 Å². The van der Waals surface area contributed by atoms with Gasteiger partial charge in [-0.25, -0.2) is 0 Å². The van der Waals surface area contributed by atoms with E-state index in [9.17, 15) is 4.79 Å². The summed E-state index contributed by atoms with van der Waals surface area (Å²) in [6.07, 6.45) is 3.89. The van der Waals surface area contributed by atoms with Gasteiger partial charge in [0, 0.05) is 36.2 Å². The number of nitrogens with zero attached hydrogens (tertiary/aromatic N) is 2. The molecule has 5 nitrogen and oxygen atoms in total. The fraction of sp³-hybridized carbons (Fsp3) is 0.667. The van der Waals surface area contributed by atoms with Crippen LogP contribution in [0.2, 0.25) is 0 Å². The van der Waals surface area contributed by atoms with Crippen molar-refractivity contribution in [3.63, 3.8) is 0 Å². The van der Waals surface area contributed by atoms with Crippen molar-refractivity contribution < 1.29 is 14.3 Å². The highest BCUT2D eigenvalue weighted by molar-refractivity contribution is 9.10. The van der Waals surface area contributed by atoms with Gasteiger partial charge in [-0.05, 0) is 41.8 Å². The monoisotopic (exact) mass is 356 g/mol. The van der Waals surface area contributed by atoms with Crippen LogP contribution in [-0.4, -0.2) is 48.0 Å². The first kappa shape index (κ1) is 15.1. The molecule has 1 amide bonds. The second-order valence-electron chi connectivity index (χ2n) is 5.59. The molecule has 0 aromatic carbocycles. The zero-order valence-electron chi connectivity index (χ0n) is 12.3. The van der Waals surface area contributed by atoms with Crippen LogP contribution in [0.15, 0.2) is 16.7 Å². The van der Waals surface area contributed by atoms with Crippen LogP contribution < -0.4 is 0 Å². The summed E-state index contributed by atoms with van der Waals surface area (Å²) < 4.78 is 14.1. The van der Waals surface area contributed by atoms with Gasteiger partial charge < -0.3 is 18.9 Å². The maximum absolute atomic E-state index is 12.8. The third-order valence-electron chi connectivity index (χ3n) is 4.20. The summed E-state index contributed by atoms with van der Waals surface area (Å²) in [5, 5.41) is 0. The highest BCUT2D eigenvalue weighted by Gasteiger charge is 2.33. The Bertz CT molecular complexity index is 511. The summed E-state index contributed by atoms with van der Waals surface area (Å²) in [6, 6.07) is 1.90. The third kappa shape index (κ3) is 3.17. The van der Waals surface area contributed by atoms with Gasteiger partial charge in [0.1, 0.15) is 5.69 Å². The van der Waals surface area contributed by atoms with Gasteiger partial charge in [0.25, 0.3) is 5.91 Å². The molecular formula is C15H21BrN2O3. The summed E-state index contributed by atoms with van der Waals surface area (Å²) >= 11 is 3.45. The van der Waals surface area contributed by atoms with Gasteiger partial charge in [-0.15, -0.1) is 0 Å². The van der Waals surface area contributed by atoms with E-state index < -0.39 is 0 Å². The molecular weight excluding hydrogens is 336 g/mol. The Labute approximate surface area is 133 Å². The lowest BCUT2D eigenvalue weighted by molar-refractivity contribution is -0.0969. The highest BCUT2D eigenvalue weighted by Crippen LogP contribution is 2.26. The van der Waals surface area contributed by atoms with Crippen molar-refractivity contribution in [2.75, 3.05) is 26.3 Å². The van der Waals surface area contributed by atoms with E-state index in [-0.39, 0.29) is 12.2 Å². The molecule has 3 heterocycles. The lowest BCUT2D eigenvalue weighted by Crippen LogP contribution is -2.44. The van der Waals surface area contributed by atoms with Crippen LogP contribution in [0.4, 0.5) is 0 Å². The number of carbonyl (C=O) groups excluding carboxylic acids is 1. The van der Waals surface area contributed by atoms with Gasteiger partial charge in [0.2, 0.25) is 0 Å². The second-order valence-corrected chi connectivity index (χ2v) is 6.51. The first-order valence-corrected chi connectivity index (χ1v) is 8.36. The fourth-order valence-electron chi connectivity index (χ4n) is 3.14. The molecule has 1 aromatic heterocycles. The SMILES string of the molecule is CCn1cc(Br)cc1C(=O)N1CCCC(C2OCCO2)C1. The number of likely N-dealkylation sites (tertiary alicyclic amines) is 1. The maximum Gasteiger partial charge on any atom is 0.270 e. The van der Waals surface area contributed by atoms with Crippen LogP contribution in [-0.2, 0) is 16.0 Å². The number of aryl methyl sites for hydroxylation is 1. The first-order chi connectivity index (χ1) is 10.2. The van der Waals surface area contributed by atoms with E-state index in [0.717, 1.165) is 42.6 Å². The van der Waals surface area contributed by atoms with E-state index in [1.165, 1.54) is 0 Å². The van der Waals surface area contributed by atoms with E-state index in [0.29, 0.717) is 19.1 Å². The fourth-order valence-corrected chi connectivity index (χ4v) is 3.61. The number of ether oxygens (including phenoxy) is 2. The van der Waals surface area contributed by atoms with Crippen LogP contribution in [0, 0.1) is 5.92 Å². The molecule has 0 N–H and O–H groups in total. The summed E-state index contributed by atoms with van der Waals surface area (Å²) in [5.41, 5.74) is 0.748. The summed E-state index contributed by atoms with van der Waals surface area (Å²) in [4.78, 5) is 14.7. The highest BCUT2D eigenvalue weighted by atomic mass is 79.9. The number of carbonyl (C=O) groups is 1. The Morgan fingerprint density at radius 3 is 2.90 bits per heavy atom. The number of hydrogen-bond acceptors (Lipinski definition) is 3. The third-order valence-corrected chi connectivity index (χ3v) is 4.63. The van der Waals surface area contributed by atoms with Crippen LogP contribution in [0.5, 0.6) is 0 Å². The molecule has 116 valence electrons. The Hall–Kier alpha value is -0.850. The molecule has 2 saturated heterocycles. The number of hydrogen-bond donors (Lipinski definition) is 0. The molecule has 0 aliphatic carbocycles. The van der Waals surface area contributed by atoms with Gasteiger partial charge >= 0.3 is 0 Å². The van der Waals surface area contributed by atoms with E-state index >= 15 is 0 Å². The zero-order valence-corrected chi connectivity index (χ0v) is 13.8. The minimum Gasteiger partial charge on any atom is -0.350 e. The van der Waals surface area contributed by atoms with E-state index in [1.54, 1.807) is 0 Å². The molecule has 1 aromatic rings. The molecule has 2 aliphatic rings. The average molecular weight is 357 g/mol. The maximum atomic E-state index is 12.8. The van der Waals surface area contributed by atoms with Gasteiger partial charge in [-0.3, -0.25) is 4.79 Å². The molecule has 1 unspecified atom stereocenters. The van der Waals surface area contributed by atoms with Crippen molar-refractivity contribution in [1.82, 2.24) is 9.47 Å². The number of halogens is 1. The Morgan fingerprint density at radius 2 is 2.19 bits per heavy atom. The van der Waals surface area contributed by atoms with Gasteiger partial charge in [-0.2, -0.15) is 0 Å². The van der Waals surface area contributed by atoms with Gasteiger partial charge in [0.05, 0.1) is 13.2 Å². The van der Waals surface area contributed by atoms with Crippen LogP contribution in [0.3, 0.4) is 0 Å². The molecule has 0 spiro atoms.